The van der Waals surface area contributed by atoms with Crippen molar-refractivity contribution in [3.05, 3.63) is 65.7 Å². The Hall–Kier alpha value is -2.95. The molecule has 2 amide bonds. The third-order valence-corrected chi connectivity index (χ3v) is 3.67. The van der Waals surface area contributed by atoms with Gasteiger partial charge < -0.3 is 5.32 Å². The number of hydrazone groups is 1. The molecule has 0 atom stereocenters. The van der Waals surface area contributed by atoms with Gasteiger partial charge in [0, 0.05) is 18.5 Å². The highest BCUT2D eigenvalue weighted by molar-refractivity contribution is 6.01. The van der Waals surface area contributed by atoms with E-state index in [1.54, 1.807) is 0 Å². The number of amides is 2. The van der Waals surface area contributed by atoms with Crippen molar-refractivity contribution in [3.8, 4) is 0 Å². The molecule has 0 aliphatic heterocycles. The second-order valence-electron chi connectivity index (χ2n) is 5.73. The van der Waals surface area contributed by atoms with E-state index in [-0.39, 0.29) is 24.7 Å². The molecule has 0 aromatic heterocycles. The van der Waals surface area contributed by atoms with E-state index in [9.17, 15) is 9.59 Å². The number of rotatable bonds is 7. The molecule has 0 aliphatic carbocycles. The van der Waals surface area contributed by atoms with E-state index in [2.05, 4.69) is 15.8 Å². The molecule has 0 fully saturated rings. The molecule has 25 heavy (non-hydrogen) atoms. The van der Waals surface area contributed by atoms with Gasteiger partial charge >= 0.3 is 0 Å². The number of anilines is 1. The molecule has 0 aliphatic rings. The van der Waals surface area contributed by atoms with E-state index in [0.29, 0.717) is 6.42 Å². The summed E-state index contributed by atoms with van der Waals surface area (Å²) in [5, 5.41) is 6.94. The highest BCUT2D eigenvalue weighted by atomic mass is 16.2. The Morgan fingerprint density at radius 1 is 0.920 bits per heavy atom. The minimum atomic E-state index is -0.277. The fourth-order valence-corrected chi connectivity index (χ4v) is 2.25. The van der Waals surface area contributed by atoms with E-state index in [0.717, 1.165) is 22.5 Å². The van der Waals surface area contributed by atoms with E-state index in [1.807, 2.05) is 68.4 Å². The Labute approximate surface area is 148 Å². The summed E-state index contributed by atoms with van der Waals surface area (Å²) >= 11 is 0. The average molecular weight is 337 g/mol. The predicted octanol–water partition coefficient (Wildman–Crippen LogP) is 3.64. The lowest BCUT2D eigenvalue weighted by Crippen LogP contribution is -2.22. The first kappa shape index (κ1) is 18.4. The molecule has 5 nitrogen and oxygen atoms in total. The highest BCUT2D eigenvalue weighted by Gasteiger charge is 2.08. The van der Waals surface area contributed by atoms with Crippen molar-refractivity contribution in [3.63, 3.8) is 0 Å². The van der Waals surface area contributed by atoms with Crippen LogP contribution >= 0.6 is 0 Å². The van der Waals surface area contributed by atoms with Crippen LogP contribution in [0.15, 0.2) is 59.7 Å². The molecule has 0 spiro atoms. The zero-order chi connectivity index (χ0) is 18.1. The normalized spacial score (nSPS) is 11.0. The van der Waals surface area contributed by atoms with Gasteiger partial charge in [0.05, 0.1) is 5.71 Å². The van der Waals surface area contributed by atoms with Crippen LogP contribution in [0, 0.1) is 6.92 Å². The summed E-state index contributed by atoms with van der Waals surface area (Å²) in [5.74, 6) is -0.470. The second kappa shape index (κ2) is 9.37. The lowest BCUT2D eigenvalue weighted by atomic mass is 10.1. The number of hydrogen-bond donors (Lipinski definition) is 2. The molecule has 2 aromatic carbocycles. The lowest BCUT2D eigenvalue weighted by molar-refractivity contribution is -0.124. The predicted molar refractivity (Wildman–Crippen MR) is 100 cm³/mol. The number of aryl methyl sites for hydroxylation is 1. The number of nitrogens with zero attached hydrogens (tertiary/aromatic N) is 1. The molecule has 0 heterocycles. The Balaban J connectivity index is 1.80. The van der Waals surface area contributed by atoms with Gasteiger partial charge in [0.15, 0.2) is 0 Å². The summed E-state index contributed by atoms with van der Waals surface area (Å²) in [6, 6.07) is 17.2. The van der Waals surface area contributed by atoms with Crippen molar-refractivity contribution in [1.82, 2.24) is 5.43 Å². The topological polar surface area (TPSA) is 70.6 Å². The van der Waals surface area contributed by atoms with Crippen molar-refractivity contribution >= 4 is 23.2 Å². The third kappa shape index (κ3) is 6.22. The number of benzene rings is 2. The number of hydrogen-bond acceptors (Lipinski definition) is 3. The summed E-state index contributed by atoms with van der Waals surface area (Å²) in [7, 11) is 0. The van der Waals surface area contributed by atoms with Crippen LogP contribution in [0.4, 0.5) is 5.69 Å². The average Bonchev–Trinajstić information content (AvgIpc) is 2.63. The minimum absolute atomic E-state index is 0.0903. The largest absolute Gasteiger partial charge is 0.326 e. The smallest absolute Gasteiger partial charge is 0.240 e. The molecule has 2 N–H and O–H groups in total. The Bertz CT molecular complexity index is 737. The number of carbonyl (C=O) groups excluding carboxylic acids is 2. The lowest BCUT2D eigenvalue weighted by Gasteiger charge is -2.06. The monoisotopic (exact) mass is 337 g/mol. The summed E-state index contributed by atoms with van der Waals surface area (Å²) in [5.41, 5.74) is 6.16. The van der Waals surface area contributed by atoms with Crippen LogP contribution in [0.5, 0.6) is 0 Å². The van der Waals surface area contributed by atoms with Crippen LogP contribution in [0.2, 0.25) is 0 Å². The second-order valence-corrected chi connectivity index (χ2v) is 5.73. The van der Waals surface area contributed by atoms with Crippen molar-refractivity contribution in [2.75, 3.05) is 5.32 Å². The van der Waals surface area contributed by atoms with Gasteiger partial charge in [-0.3, -0.25) is 9.59 Å². The van der Waals surface area contributed by atoms with Crippen LogP contribution in [-0.2, 0) is 9.59 Å². The molecule has 5 heteroatoms. The Morgan fingerprint density at radius 2 is 1.56 bits per heavy atom. The molecule has 0 bridgehead atoms. The van der Waals surface area contributed by atoms with Crippen LogP contribution in [0.25, 0.3) is 0 Å². The first-order valence-corrected chi connectivity index (χ1v) is 8.36. The van der Waals surface area contributed by atoms with Gasteiger partial charge in [-0.25, -0.2) is 5.43 Å². The Morgan fingerprint density at radius 3 is 2.20 bits per heavy atom. The quantitative estimate of drug-likeness (QED) is 0.598. The highest BCUT2D eigenvalue weighted by Crippen LogP contribution is 2.09. The molecule has 0 unspecified atom stereocenters. The summed E-state index contributed by atoms with van der Waals surface area (Å²) in [6.45, 7) is 3.96. The third-order valence-electron chi connectivity index (χ3n) is 3.67. The number of carbonyl (C=O) groups is 2. The van der Waals surface area contributed by atoms with Gasteiger partial charge in [-0.15, -0.1) is 0 Å². The minimum Gasteiger partial charge on any atom is -0.326 e. The van der Waals surface area contributed by atoms with Crippen molar-refractivity contribution in [1.29, 1.82) is 0 Å². The van der Waals surface area contributed by atoms with Crippen LogP contribution < -0.4 is 10.7 Å². The van der Waals surface area contributed by atoms with E-state index in [1.165, 1.54) is 0 Å². The molecular formula is C20H23N3O2. The zero-order valence-electron chi connectivity index (χ0n) is 14.6. The molecule has 0 radical (unpaired) electrons. The van der Waals surface area contributed by atoms with Gasteiger partial charge in [0.2, 0.25) is 11.8 Å². The standard InChI is InChI=1S/C20H23N3O2/c1-3-18(16-7-5-4-6-8-16)22-23-20(25)14-13-19(24)21-17-11-9-15(2)10-12-17/h4-12H,3,13-14H2,1-2H3,(H,21,24)(H,23,25)/b22-18-. The molecule has 0 saturated heterocycles. The van der Waals surface area contributed by atoms with Crippen molar-refractivity contribution < 1.29 is 9.59 Å². The molecule has 130 valence electrons. The van der Waals surface area contributed by atoms with Gasteiger partial charge in [0.1, 0.15) is 0 Å². The van der Waals surface area contributed by atoms with Gasteiger partial charge in [-0.2, -0.15) is 5.10 Å². The summed E-state index contributed by atoms with van der Waals surface area (Å²) in [6.07, 6.45) is 0.910. The maximum Gasteiger partial charge on any atom is 0.240 e. The molecular weight excluding hydrogens is 314 g/mol. The molecule has 2 aromatic rings. The van der Waals surface area contributed by atoms with E-state index < -0.39 is 0 Å². The first-order chi connectivity index (χ1) is 12.1. The zero-order valence-corrected chi connectivity index (χ0v) is 14.6. The van der Waals surface area contributed by atoms with Gasteiger partial charge in [-0.05, 0) is 31.0 Å². The van der Waals surface area contributed by atoms with Gasteiger partial charge in [0.25, 0.3) is 0 Å². The first-order valence-electron chi connectivity index (χ1n) is 8.36. The van der Waals surface area contributed by atoms with Crippen LogP contribution in [0.1, 0.15) is 37.3 Å². The molecule has 2 rings (SSSR count). The number of nitrogens with one attached hydrogen (secondary N) is 2. The maximum atomic E-state index is 11.9. The van der Waals surface area contributed by atoms with Crippen molar-refractivity contribution in [2.45, 2.75) is 33.1 Å². The fourth-order valence-electron chi connectivity index (χ4n) is 2.25. The fraction of sp³-hybridized carbons (Fsp3) is 0.250. The summed E-state index contributed by atoms with van der Waals surface area (Å²) in [4.78, 5) is 23.8. The van der Waals surface area contributed by atoms with Crippen LogP contribution in [-0.4, -0.2) is 17.5 Å². The maximum absolute atomic E-state index is 11.9. The SMILES string of the molecule is CC/C(=N/NC(=O)CCC(=O)Nc1ccc(C)cc1)c1ccccc1. The Kier molecular flexibility index (Phi) is 6.89. The van der Waals surface area contributed by atoms with E-state index >= 15 is 0 Å². The van der Waals surface area contributed by atoms with Gasteiger partial charge in [-0.1, -0.05) is 55.0 Å². The molecule has 0 saturated carbocycles. The van der Waals surface area contributed by atoms with E-state index in [4.69, 9.17) is 0 Å². The van der Waals surface area contributed by atoms with Crippen molar-refractivity contribution in [2.24, 2.45) is 5.10 Å². The van der Waals surface area contributed by atoms with Crippen LogP contribution in [0.3, 0.4) is 0 Å². The summed E-state index contributed by atoms with van der Waals surface area (Å²) < 4.78 is 0.